The number of hydrogen-bond acceptors (Lipinski definition) is 2. The number of nitrogens with one attached hydrogen (secondary N) is 1. The Morgan fingerprint density at radius 3 is 2.82 bits per heavy atom. The van der Waals surface area contributed by atoms with Gasteiger partial charge in [0.25, 0.3) is 0 Å². The fraction of sp³-hybridized carbons (Fsp3) is 0.846. The Bertz CT molecular complexity index is 325. The quantitative estimate of drug-likeness (QED) is 0.748. The van der Waals surface area contributed by atoms with Gasteiger partial charge in [-0.3, -0.25) is 9.59 Å². The summed E-state index contributed by atoms with van der Waals surface area (Å²) in [6, 6.07) is 0.332. The Kier molecular flexibility index (Phi) is 3.40. The molecule has 4 nitrogen and oxygen atoms in total. The second-order valence-corrected chi connectivity index (χ2v) is 6.03. The molecular formula is C13H22N2O2. The predicted octanol–water partition coefficient (Wildman–Crippen LogP) is 1.30. The van der Waals surface area contributed by atoms with Crippen molar-refractivity contribution in [1.29, 1.82) is 0 Å². The first-order valence-electron chi connectivity index (χ1n) is 6.54. The van der Waals surface area contributed by atoms with Crippen molar-refractivity contribution in [1.82, 2.24) is 10.2 Å². The van der Waals surface area contributed by atoms with Gasteiger partial charge in [0.05, 0.1) is 6.54 Å². The maximum absolute atomic E-state index is 12.0. The lowest BCUT2D eigenvalue weighted by Gasteiger charge is -2.40. The van der Waals surface area contributed by atoms with E-state index in [-0.39, 0.29) is 18.4 Å². The number of amides is 2. The maximum Gasteiger partial charge on any atom is 0.242 e. The second kappa shape index (κ2) is 4.67. The average Bonchev–Trinajstić information content (AvgIpc) is 2.40. The van der Waals surface area contributed by atoms with Gasteiger partial charge >= 0.3 is 0 Å². The van der Waals surface area contributed by atoms with Gasteiger partial charge in [-0.05, 0) is 24.7 Å². The third-order valence-corrected chi connectivity index (χ3v) is 3.96. The van der Waals surface area contributed by atoms with Gasteiger partial charge in [0.15, 0.2) is 0 Å². The summed E-state index contributed by atoms with van der Waals surface area (Å²) in [4.78, 5) is 25.2. The molecular weight excluding hydrogens is 216 g/mol. The highest BCUT2D eigenvalue weighted by atomic mass is 16.2. The molecule has 2 fully saturated rings. The Hall–Kier alpha value is -1.06. The molecule has 0 spiro atoms. The van der Waals surface area contributed by atoms with Crippen molar-refractivity contribution in [3.05, 3.63) is 0 Å². The van der Waals surface area contributed by atoms with Gasteiger partial charge in [-0.25, -0.2) is 0 Å². The van der Waals surface area contributed by atoms with Crippen LogP contribution in [0.15, 0.2) is 0 Å². The lowest BCUT2D eigenvalue weighted by atomic mass is 9.74. The molecule has 0 radical (unpaired) electrons. The summed E-state index contributed by atoms with van der Waals surface area (Å²) in [6.07, 6.45) is 5.02. The van der Waals surface area contributed by atoms with Gasteiger partial charge in [0, 0.05) is 19.0 Å². The van der Waals surface area contributed by atoms with E-state index in [1.54, 1.807) is 0 Å². The van der Waals surface area contributed by atoms with Crippen LogP contribution < -0.4 is 5.32 Å². The fourth-order valence-corrected chi connectivity index (χ4v) is 3.02. The Labute approximate surface area is 103 Å². The van der Waals surface area contributed by atoms with E-state index in [9.17, 15) is 9.59 Å². The van der Waals surface area contributed by atoms with Crippen LogP contribution in [0.2, 0.25) is 0 Å². The van der Waals surface area contributed by atoms with E-state index in [2.05, 4.69) is 19.2 Å². The normalized spacial score (nSPS) is 29.8. The fourth-order valence-electron chi connectivity index (χ4n) is 3.02. The molecule has 1 atom stereocenters. The van der Waals surface area contributed by atoms with Crippen LogP contribution in [0.5, 0.6) is 0 Å². The van der Waals surface area contributed by atoms with Gasteiger partial charge in [-0.1, -0.05) is 20.3 Å². The molecule has 1 unspecified atom stereocenters. The SMILES string of the molecule is CC1(C)CCCC(N2CCC(=O)NCC2=O)C1. The third kappa shape index (κ3) is 2.99. The molecule has 0 bridgehead atoms. The molecule has 96 valence electrons. The molecule has 0 aromatic rings. The van der Waals surface area contributed by atoms with E-state index in [0.29, 0.717) is 24.4 Å². The van der Waals surface area contributed by atoms with Crippen LogP contribution in [0.3, 0.4) is 0 Å². The smallest absolute Gasteiger partial charge is 0.242 e. The van der Waals surface area contributed by atoms with Crippen LogP contribution >= 0.6 is 0 Å². The first kappa shape index (κ1) is 12.4. The van der Waals surface area contributed by atoms with Gasteiger partial charge in [-0.15, -0.1) is 0 Å². The monoisotopic (exact) mass is 238 g/mol. The van der Waals surface area contributed by atoms with E-state index in [0.717, 1.165) is 12.8 Å². The van der Waals surface area contributed by atoms with E-state index < -0.39 is 0 Å². The van der Waals surface area contributed by atoms with Crippen molar-refractivity contribution < 1.29 is 9.59 Å². The Balaban J connectivity index is 2.04. The van der Waals surface area contributed by atoms with Gasteiger partial charge in [-0.2, -0.15) is 0 Å². The van der Waals surface area contributed by atoms with E-state index >= 15 is 0 Å². The molecule has 1 saturated heterocycles. The van der Waals surface area contributed by atoms with Crippen molar-refractivity contribution >= 4 is 11.8 Å². The van der Waals surface area contributed by atoms with Gasteiger partial charge in [0.2, 0.25) is 11.8 Å². The van der Waals surface area contributed by atoms with Crippen molar-refractivity contribution in [3.8, 4) is 0 Å². The lowest BCUT2D eigenvalue weighted by Crippen LogP contribution is -2.46. The summed E-state index contributed by atoms with van der Waals surface area (Å²) in [7, 11) is 0. The summed E-state index contributed by atoms with van der Waals surface area (Å²) in [5.41, 5.74) is 0.326. The summed E-state index contributed by atoms with van der Waals surface area (Å²) < 4.78 is 0. The zero-order valence-corrected chi connectivity index (χ0v) is 10.8. The zero-order chi connectivity index (χ0) is 12.5. The van der Waals surface area contributed by atoms with E-state index in [1.165, 1.54) is 12.8 Å². The first-order chi connectivity index (χ1) is 7.98. The molecule has 2 rings (SSSR count). The Morgan fingerprint density at radius 2 is 2.12 bits per heavy atom. The largest absolute Gasteiger partial charge is 0.347 e. The molecule has 4 heteroatoms. The number of carbonyl (C=O) groups excluding carboxylic acids is 2. The lowest BCUT2D eigenvalue weighted by molar-refractivity contribution is -0.133. The molecule has 1 aliphatic heterocycles. The van der Waals surface area contributed by atoms with Crippen LogP contribution in [0, 0.1) is 5.41 Å². The van der Waals surface area contributed by atoms with Crippen molar-refractivity contribution in [2.75, 3.05) is 13.1 Å². The Morgan fingerprint density at radius 1 is 1.35 bits per heavy atom. The molecule has 1 heterocycles. The van der Waals surface area contributed by atoms with Crippen LogP contribution in [0.1, 0.15) is 46.0 Å². The summed E-state index contributed by atoms with van der Waals surface area (Å²) >= 11 is 0. The van der Waals surface area contributed by atoms with Crippen LogP contribution in [0.4, 0.5) is 0 Å². The molecule has 2 amide bonds. The molecule has 1 N–H and O–H groups in total. The van der Waals surface area contributed by atoms with Gasteiger partial charge < -0.3 is 10.2 Å². The molecule has 0 aromatic heterocycles. The highest BCUT2D eigenvalue weighted by molar-refractivity contribution is 5.87. The van der Waals surface area contributed by atoms with Crippen LogP contribution in [0.25, 0.3) is 0 Å². The standard InChI is InChI=1S/C13H22N2O2/c1-13(2)6-3-4-10(8-13)15-7-5-11(16)14-9-12(15)17/h10H,3-9H2,1-2H3,(H,14,16). The van der Waals surface area contributed by atoms with E-state index in [1.807, 2.05) is 4.90 Å². The third-order valence-electron chi connectivity index (χ3n) is 3.96. The number of nitrogens with zero attached hydrogens (tertiary/aromatic N) is 1. The zero-order valence-electron chi connectivity index (χ0n) is 10.8. The molecule has 1 saturated carbocycles. The number of rotatable bonds is 1. The predicted molar refractivity (Wildman–Crippen MR) is 65.4 cm³/mol. The minimum Gasteiger partial charge on any atom is -0.347 e. The van der Waals surface area contributed by atoms with Crippen LogP contribution in [-0.4, -0.2) is 35.8 Å². The highest BCUT2D eigenvalue weighted by Gasteiger charge is 2.34. The molecule has 0 aromatic carbocycles. The summed E-state index contributed by atoms with van der Waals surface area (Å²) in [5.74, 6) is 0.0782. The minimum atomic E-state index is -0.00378. The number of hydrogen-bond donors (Lipinski definition) is 1. The topological polar surface area (TPSA) is 49.4 Å². The van der Waals surface area contributed by atoms with Crippen molar-refractivity contribution in [2.45, 2.75) is 52.0 Å². The van der Waals surface area contributed by atoms with Gasteiger partial charge in [0.1, 0.15) is 0 Å². The average molecular weight is 238 g/mol. The molecule has 2 aliphatic rings. The maximum atomic E-state index is 12.0. The molecule has 17 heavy (non-hydrogen) atoms. The highest BCUT2D eigenvalue weighted by Crippen LogP contribution is 2.37. The van der Waals surface area contributed by atoms with E-state index in [4.69, 9.17) is 0 Å². The van der Waals surface area contributed by atoms with Crippen molar-refractivity contribution in [2.24, 2.45) is 5.41 Å². The molecule has 1 aliphatic carbocycles. The second-order valence-electron chi connectivity index (χ2n) is 6.03. The number of carbonyl (C=O) groups is 2. The summed E-state index contributed by atoms with van der Waals surface area (Å²) in [5, 5.41) is 2.65. The summed E-state index contributed by atoms with van der Waals surface area (Å²) in [6.45, 7) is 5.30. The minimum absolute atomic E-state index is 0.00378. The van der Waals surface area contributed by atoms with Crippen molar-refractivity contribution in [3.63, 3.8) is 0 Å². The van der Waals surface area contributed by atoms with Crippen LogP contribution in [-0.2, 0) is 9.59 Å². The first-order valence-corrected chi connectivity index (χ1v) is 6.54.